The Kier molecular flexibility index (Phi) is 7.81. The van der Waals surface area contributed by atoms with E-state index in [2.05, 4.69) is 11.5 Å². The van der Waals surface area contributed by atoms with Crippen molar-refractivity contribution in [1.29, 1.82) is 0 Å². The maximum absolute atomic E-state index is 12.9. The average molecular weight is 491 g/mol. The van der Waals surface area contributed by atoms with E-state index in [0.717, 1.165) is 16.4 Å². The molecule has 1 aromatic heterocycles. The first kappa shape index (κ1) is 24.3. The normalized spacial score (nSPS) is 18.5. The van der Waals surface area contributed by atoms with Gasteiger partial charge in [0.2, 0.25) is 15.9 Å². The first-order chi connectivity index (χ1) is 15.8. The van der Waals surface area contributed by atoms with Crippen LogP contribution in [0.1, 0.15) is 55.1 Å². The molecule has 180 valence electrons. The molecule has 2 aromatic rings. The van der Waals surface area contributed by atoms with E-state index in [-0.39, 0.29) is 11.7 Å². The molecule has 33 heavy (non-hydrogen) atoms. The standard InChI is InChI=1S/C24H34N4O3S2/c1-19-20(2)28(22-11-7-4-8-12-22)24(25-19)32-17-23(29)26-13-15-27(16-14-26)33(30,31)18-21-9-5-3-6-10-21/h3,5-6,9-10,22H,4,7-8,11-18H2,1-2H3. The monoisotopic (exact) mass is 490 g/mol. The number of piperazine rings is 1. The van der Waals surface area contributed by atoms with Crippen molar-refractivity contribution in [3.8, 4) is 0 Å². The van der Waals surface area contributed by atoms with Crippen LogP contribution in [0.15, 0.2) is 35.5 Å². The second-order valence-electron chi connectivity index (χ2n) is 9.04. The highest BCUT2D eigenvalue weighted by atomic mass is 32.2. The lowest BCUT2D eigenvalue weighted by Crippen LogP contribution is -2.51. The van der Waals surface area contributed by atoms with Gasteiger partial charge in [-0.25, -0.2) is 13.4 Å². The highest BCUT2D eigenvalue weighted by Gasteiger charge is 2.29. The number of benzene rings is 1. The molecule has 1 aliphatic heterocycles. The molecule has 0 spiro atoms. The minimum Gasteiger partial charge on any atom is -0.339 e. The third kappa shape index (κ3) is 5.81. The van der Waals surface area contributed by atoms with E-state index >= 15 is 0 Å². The first-order valence-electron chi connectivity index (χ1n) is 11.8. The summed E-state index contributed by atoms with van der Waals surface area (Å²) in [4.78, 5) is 19.4. The molecule has 2 heterocycles. The molecule has 4 rings (SSSR count). The number of amides is 1. The molecule has 1 saturated carbocycles. The molecule has 1 aromatic carbocycles. The summed E-state index contributed by atoms with van der Waals surface area (Å²) >= 11 is 1.51. The molecule has 0 bridgehead atoms. The van der Waals surface area contributed by atoms with Gasteiger partial charge < -0.3 is 9.47 Å². The molecule has 7 nitrogen and oxygen atoms in total. The van der Waals surface area contributed by atoms with Crippen LogP contribution in [0.25, 0.3) is 0 Å². The van der Waals surface area contributed by atoms with Crippen molar-refractivity contribution in [3.05, 3.63) is 47.3 Å². The lowest BCUT2D eigenvalue weighted by Gasteiger charge is -2.34. The van der Waals surface area contributed by atoms with Gasteiger partial charge in [-0.05, 0) is 32.3 Å². The van der Waals surface area contributed by atoms with Crippen LogP contribution in [0.2, 0.25) is 0 Å². The smallest absolute Gasteiger partial charge is 0.233 e. The Hall–Kier alpha value is -1.84. The van der Waals surface area contributed by atoms with Gasteiger partial charge in [0, 0.05) is 37.9 Å². The van der Waals surface area contributed by atoms with Crippen molar-refractivity contribution in [2.24, 2.45) is 0 Å². The summed E-state index contributed by atoms with van der Waals surface area (Å²) in [5.74, 6) is 0.383. The molecule has 2 fully saturated rings. The van der Waals surface area contributed by atoms with Gasteiger partial charge in [-0.1, -0.05) is 61.4 Å². The van der Waals surface area contributed by atoms with Crippen molar-refractivity contribution in [2.45, 2.75) is 62.9 Å². The van der Waals surface area contributed by atoms with Crippen LogP contribution in [0.4, 0.5) is 0 Å². The maximum atomic E-state index is 12.9. The van der Waals surface area contributed by atoms with Gasteiger partial charge in [-0.3, -0.25) is 4.79 Å². The van der Waals surface area contributed by atoms with E-state index in [4.69, 9.17) is 4.98 Å². The Morgan fingerprint density at radius 1 is 1.03 bits per heavy atom. The molecule has 0 atom stereocenters. The first-order valence-corrected chi connectivity index (χ1v) is 14.4. The van der Waals surface area contributed by atoms with Crippen LogP contribution >= 0.6 is 11.8 Å². The third-order valence-corrected chi connectivity index (χ3v) is 9.58. The van der Waals surface area contributed by atoms with E-state index in [9.17, 15) is 13.2 Å². The largest absolute Gasteiger partial charge is 0.339 e. The van der Waals surface area contributed by atoms with Crippen LogP contribution in [-0.2, 0) is 20.6 Å². The molecule has 1 amide bonds. The van der Waals surface area contributed by atoms with Gasteiger partial charge in [-0.15, -0.1) is 0 Å². The summed E-state index contributed by atoms with van der Waals surface area (Å²) in [6.45, 7) is 5.72. The number of sulfonamides is 1. The Balaban J connectivity index is 1.32. The van der Waals surface area contributed by atoms with Crippen molar-refractivity contribution in [3.63, 3.8) is 0 Å². The number of rotatable bonds is 7. The molecule has 2 aliphatic rings. The highest BCUT2D eigenvalue weighted by molar-refractivity contribution is 7.99. The topological polar surface area (TPSA) is 75.5 Å². The van der Waals surface area contributed by atoms with E-state index < -0.39 is 10.0 Å². The number of hydrogen-bond acceptors (Lipinski definition) is 5. The van der Waals surface area contributed by atoms with Gasteiger partial charge in [0.1, 0.15) is 0 Å². The van der Waals surface area contributed by atoms with E-state index in [1.807, 2.05) is 37.3 Å². The third-order valence-electron chi connectivity index (χ3n) is 6.80. The molecule has 0 unspecified atom stereocenters. The fraction of sp³-hybridized carbons (Fsp3) is 0.583. The molecule has 9 heteroatoms. The van der Waals surface area contributed by atoms with Crippen molar-refractivity contribution in [1.82, 2.24) is 18.8 Å². The van der Waals surface area contributed by atoms with Gasteiger partial charge in [0.05, 0.1) is 17.2 Å². The summed E-state index contributed by atoms with van der Waals surface area (Å²) in [5, 5.41) is 0.939. The highest BCUT2D eigenvalue weighted by Crippen LogP contribution is 2.34. The molecule has 1 saturated heterocycles. The number of aromatic nitrogens is 2. The lowest BCUT2D eigenvalue weighted by atomic mass is 9.95. The van der Waals surface area contributed by atoms with Crippen molar-refractivity contribution < 1.29 is 13.2 Å². The van der Waals surface area contributed by atoms with E-state index in [1.165, 1.54) is 53.9 Å². The summed E-state index contributed by atoms with van der Waals surface area (Å²) in [6.07, 6.45) is 6.16. The number of carbonyl (C=O) groups excluding carboxylic acids is 1. The number of aryl methyl sites for hydroxylation is 1. The summed E-state index contributed by atoms with van der Waals surface area (Å²) in [7, 11) is -3.38. The fourth-order valence-electron chi connectivity index (χ4n) is 4.78. The van der Waals surface area contributed by atoms with E-state index in [0.29, 0.717) is 38.0 Å². The van der Waals surface area contributed by atoms with Crippen LogP contribution < -0.4 is 0 Å². The number of hydrogen-bond donors (Lipinski definition) is 0. The average Bonchev–Trinajstić information content (AvgIpc) is 3.11. The van der Waals surface area contributed by atoms with Gasteiger partial charge in [0.15, 0.2) is 5.16 Å². The zero-order valence-corrected chi connectivity index (χ0v) is 21.2. The molecular weight excluding hydrogens is 456 g/mol. The molecule has 0 radical (unpaired) electrons. The second kappa shape index (κ2) is 10.6. The second-order valence-corrected chi connectivity index (χ2v) is 11.9. The maximum Gasteiger partial charge on any atom is 0.233 e. The predicted molar refractivity (Wildman–Crippen MR) is 132 cm³/mol. The Bertz CT molecular complexity index is 1050. The minimum atomic E-state index is -3.38. The van der Waals surface area contributed by atoms with Crippen molar-refractivity contribution in [2.75, 3.05) is 31.9 Å². The van der Waals surface area contributed by atoms with Gasteiger partial charge in [0.25, 0.3) is 0 Å². The summed E-state index contributed by atoms with van der Waals surface area (Å²) in [6, 6.07) is 9.71. The quantitative estimate of drug-likeness (QED) is 0.552. The number of thioether (sulfide) groups is 1. The fourth-order valence-corrected chi connectivity index (χ4v) is 7.35. The number of imidazole rings is 1. The molecule has 0 N–H and O–H groups in total. The predicted octanol–water partition coefficient (Wildman–Crippen LogP) is 3.77. The Labute approximate surface area is 201 Å². The molecule has 1 aliphatic carbocycles. The minimum absolute atomic E-state index is 0.000165. The lowest BCUT2D eigenvalue weighted by molar-refractivity contribution is -0.129. The Morgan fingerprint density at radius 3 is 2.36 bits per heavy atom. The zero-order valence-electron chi connectivity index (χ0n) is 19.6. The zero-order chi connectivity index (χ0) is 23.4. The summed E-state index contributed by atoms with van der Waals surface area (Å²) in [5.41, 5.74) is 3.02. The van der Waals surface area contributed by atoms with Gasteiger partial charge >= 0.3 is 0 Å². The number of carbonyl (C=O) groups is 1. The molecular formula is C24H34N4O3S2. The van der Waals surface area contributed by atoms with Crippen LogP contribution in [0, 0.1) is 13.8 Å². The van der Waals surface area contributed by atoms with Crippen molar-refractivity contribution >= 4 is 27.7 Å². The van der Waals surface area contributed by atoms with E-state index in [1.54, 1.807) is 4.90 Å². The van der Waals surface area contributed by atoms with Crippen LogP contribution in [0.5, 0.6) is 0 Å². The van der Waals surface area contributed by atoms with Crippen LogP contribution in [-0.4, -0.2) is 65.0 Å². The Morgan fingerprint density at radius 2 is 1.70 bits per heavy atom. The van der Waals surface area contributed by atoms with Gasteiger partial charge in [-0.2, -0.15) is 4.31 Å². The number of nitrogens with zero attached hydrogens (tertiary/aromatic N) is 4. The SMILES string of the molecule is Cc1nc(SCC(=O)N2CCN(S(=O)(=O)Cc3ccccc3)CC2)n(C2CCCCC2)c1C. The van der Waals surface area contributed by atoms with Crippen LogP contribution in [0.3, 0.4) is 0 Å². The summed E-state index contributed by atoms with van der Waals surface area (Å²) < 4.78 is 29.4.